The van der Waals surface area contributed by atoms with Crippen molar-refractivity contribution in [3.05, 3.63) is 53.5 Å². The van der Waals surface area contributed by atoms with Crippen LogP contribution in [-0.4, -0.2) is 6.18 Å². The fourth-order valence-corrected chi connectivity index (χ4v) is 1.50. The first-order chi connectivity index (χ1) is 6.57. The van der Waals surface area contributed by atoms with Crippen LogP contribution in [-0.2, 0) is 6.42 Å². The highest BCUT2D eigenvalue weighted by atomic mass is 19.4. The zero-order chi connectivity index (χ0) is 10.2. The number of hydrogen-bond acceptors (Lipinski definition) is 0. The summed E-state index contributed by atoms with van der Waals surface area (Å²) in [6, 6.07) is 7.12. The van der Waals surface area contributed by atoms with Gasteiger partial charge in [0.1, 0.15) is 0 Å². The fraction of sp³-hybridized carbons (Fsp3) is 0.182. The van der Waals surface area contributed by atoms with E-state index in [4.69, 9.17) is 0 Å². The quantitative estimate of drug-likeness (QED) is 0.598. The van der Waals surface area contributed by atoms with Crippen molar-refractivity contribution in [2.75, 3.05) is 0 Å². The van der Waals surface area contributed by atoms with E-state index in [-0.39, 0.29) is 0 Å². The van der Waals surface area contributed by atoms with E-state index in [1.54, 1.807) is 12.1 Å². The van der Waals surface area contributed by atoms with Gasteiger partial charge in [-0.25, -0.2) is 0 Å². The lowest BCUT2D eigenvalue weighted by molar-refractivity contribution is -0.0898. The van der Waals surface area contributed by atoms with Gasteiger partial charge >= 0.3 is 6.18 Å². The monoisotopic (exact) mass is 197 g/mol. The summed E-state index contributed by atoms with van der Waals surface area (Å²) in [5, 5.41) is 0. The zero-order valence-corrected chi connectivity index (χ0v) is 7.31. The van der Waals surface area contributed by atoms with Gasteiger partial charge in [-0.1, -0.05) is 30.3 Å². The summed E-state index contributed by atoms with van der Waals surface area (Å²) in [5.74, 6) is 0. The molecule has 0 N–H and O–H groups in total. The molecule has 0 saturated carbocycles. The van der Waals surface area contributed by atoms with Crippen LogP contribution in [0.15, 0.2) is 35.9 Å². The van der Waals surface area contributed by atoms with Gasteiger partial charge in [0.05, 0.1) is 0 Å². The Kier molecular flexibility index (Phi) is 2.10. The standard InChI is InChI=1S/C11H8F3/c12-11(13,14)10-6-5-8-3-1-2-4-9(8)7-10/h1-4,6-7H,5H2. The molecule has 0 heterocycles. The normalized spacial score (nSPS) is 16.1. The number of rotatable bonds is 0. The Morgan fingerprint density at radius 3 is 2.50 bits per heavy atom. The Morgan fingerprint density at radius 2 is 1.79 bits per heavy atom. The Balaban J connectivity index is 2.30. The van der Waals surface area contributed by atoms with E-state index in [1.165, 1.54) is 12.5 Å². The summed E-state index contributed by atoms with van der Waals surface area (Å²) in [6.45, 7) is 0. The molecule has 0 bridgehead atoms. The van der Waals surface area contributed by atoms with Crippen molar-refractivity contribution < 1.29 is 13.2 Å². The van der Waals surface area contributed by atoms with Crippen LogP contribution in [0.25, 0.3) is 0 Å². The van der Waals surface area contributed by atoms with Crippen LogP contribution < -0.4 is 0 Å². The lowest BCUT2D eigenvalue weighted by Gasteiger charge is -2.18. The van der Waals surface area contributed by atoms with Crippen LogP contribution in [0.1, 0.15) is 11.1 Å². The average Bonchev–Trinajstić information content (AvgIpc) is 2.16. The van der Waals surface area contributed by atoms with Crippen molar-refractivity contribution in [1.82, 2.24) is 0 Å². The SMILES string of the molecule is FC(F)(F)C1=CCc2ccccc2[CH]1. The Morgan fingerprint density at radius 1 is 1.07 bits per heavy atom. The molecule has 0 fully saturated rings. The van der Waals surface area contributed by atoms with Crippen LogP contribution in [0.3, 0.4) is 0 Å². The molecule has 0 nitrogen and oxygen atoms in total. The lowest BCUT2D eigenvalue weighted by Crippen LogP contribution is -2.16. The van der Waals surface area contributed by atoms with E-state index in [1.807, 2.05) is 12.1 Å². The molecule has 0 spiro atoms. The first kappa shape index (κ1) is 9.31. The number of alkyl halides is 3. The zero-order valence-electron chi connectivity index (χ0n) is 7.31. The van der Waals surface area contributed by atoms with Gasteiger partial charge in [0.2, 0.25) is 0 Å². The molecule has 1 radical (unpaired) electrons. The van der Waals surface area contributed by atoms with Gasteiger partial charge in [0, 0.05) is 12.0 Å². The van der Waals surface area contributed by atoms with Crippen LogP contribution in [0.4, 0.5) is 13.2 Å². The largest absolute Gasteiger partial charge is 0.413 e. The third kappa shape index (κ3) is 1.67. The summed E-state index contributed by atoms with van der Waals surface area (Å²) >= 11 is 0. The second-order valence-electron chi connectivity index (χ2n) is 3.20. The lowest BCUT2D eigenvalue weighted by atomic mass is 9.91. The van der Waals surface area contributed by atoms with Crippen LogP contribution in [0, 0.1) is 6.42 Å². The number of halogens is 3. The molecule has 1 aromatic carbocycles. The maximum atomic E-state index is 12.3. The topological polar surface area (TPSA) is 0 Å². The molecule has 0 atom stereocenters. The van der Waals surface area contributed by atoms with Gasteiger partial charge in [0.25, 0.3) is 0 Å². The predicted molar refractivity (Wildman–Crippen MR) is 47.7 cm³/mol. The maximum absolute atomic E-state index is 12.3. The molecule has 0 saturated heterocycles. The number of allylic oxidation sites excluding steroid dienone is 2. The van der Waals surface area contributed by atoms with Crippen molar-refractivity contribution in [2.45, 2.75) is 12.6 Å². The molecule has 1 aliphatic rings. The van der Waals surface area contributed by atoms with Gasteiger partial charge in [-0.2, -0.15) is 13.2 Å². The molecular formula is C11H8F3. The minimum Gasteiger partial charge on any atom is -0.166 e. The third-order valence-corrected chi connectivity index (χ3v) is 2.24. The predicted octanol–water partition coefficient (Wildman–Crippen LogP) is 3.28. The Labute approximate surface area is 80.1 Å². The summed E-state index contributed by atoms with van der Waals surface area (Å²) in [5.41, 5.74) is 1.07. The van der Waals surface area contributed by atoms with Gasteiger partial charge in [0.15, 0.2) is 0 Å². The van der Waals surface area contributed by atoms with Crippen LogP contribution >= 0.6 is 0 Å². The van der Waals surface area contributed by atoms with Crippen molar-refractivity contribution in [3.8, 4) is 0 Å². The first-order valence-corrected chi connectivity index (χ1v) is 4.27. The Hall–Kier alpha value is -1.25. The first-order valence-electron chi connectivity index (χ1n) is 4.27. The van der Waals surface area contributed by atoms with E-state index in [2.05, 4.69) is 0 Å². The summed E-state index contributed by atoms with van der Waals surface area (Å²) in [4.78, 5) is 0. The molecule has 0 unspecified atom stereocenters. The minimum absolute atomic E-state index is 0.363. The molecular weight excluding hydrogens is 189 g/mol. The highest BCUT2D eigenvalue weighted by Gasteiger charge is 2.34. The smallest absolute Gasteiger partial charge is 0.166 e. The number of benzene rings is 1. The van der Waals surface area contributed by atoms with Crippen molar-refractivity contribution >= 4 is 0 Å². The molecule has 0 aliphatic heterocycles. The second kappa shape index (κ2) is 3.15. The number of hydrogen-bond donors (Lipinski definition) is 0. The molecule has 14 heavy (non-hydrogen) atoms. The van der Waals surface area contributed by atoms with Gasteiger partial charge in [-0.05, 0) is 17.5 Å². The van der Waals surface area contributed by atoms with Crippen LogP contribution in [0.5, 0.6) is 0 Å². The van der Waals surface area contributed by atoms with E-state index in [9.17, 15) is 13.2 Å². The number of fused-ring (bicyclic) bond motifs is 1. The highest BCUT2D eigenvalue weighted by molar-refractivity contribution is 5.46. The summed E-state index contributed by atoms with van der Waals surface area (Å²) in [6.07, 6.45) is -1.45. The van der Waals surface area contributed by atoms with Crippen molar-refractivity contribution in [3.63, 3.8) is 0 Å². The molecule has 1 aromatic rings. The summed E-state index contributed by atoms with van der Waals surface area (Å²) < 4.78 is 37.0. The van der Waals surface area contributed by atoms with Crippen molar-refractivity contribution in [2.24, 2.45) is 0 Å². The van der Waals surface area contributed by atoms with Crippen molar-refractivity contribution in [1.29, 1.82) is 0 Å². The minimum atomic E-state index is -4.23. The van der Waals surface area contributed by atoms with Gasteiger partial charge in [-0.3, -0.25) is 0 Å². The Bertz CT molecular complexity index is 374. The molecule has 0 amide bonds. The third-order valence-electron chi connectivity index (χ3n) is 2.24. The van der Waals surface area contributed by atoms with E-state index in [0.29, 0.717) is 12.0 Å². The maximum Gasteiger partial charge on any atom is 0.413 e. The van der Waals surface area contributed by atoms with Gasteiger partial charge < -0.3 is 0 Å². The molecule has 3 heteroatoms. The van der Waals surface area contributed by atoms with E-state index in [0.717, 1.165) is 5.56 Å². The van der Waals surface area contributed by atoms with E-state index >= 15 is 0 Å². The highest BCUT2D eigenvalue weighted by Crippen LogP contribution is 2.33. The van der Waals surface area contributed by atoms with Crippen LogP contribution in [0.2, 0.25) is 0 Å². The average molecular weight is 197 g/mol. The van der Waals surface area contributed by atoms with Gasteiger partial charge in [-0.15, -0.1) is 0 Å². The fourth-order valence-electron chi connectivity index (χ4n) is 1.50. The molecule has 0 aromatic heterocycles. The molecule has 73 valence electrons. The molecule has 2 rings (SSSR count). The van der Waals surface area contributed by atoms with E-state index < -0.39 is 11.7 Å². The summed E-state index contributed by atoms with van der Waals surface area (Å²) in [7, 11) is 0. The molecule has 1 aliphatic carbocycles. The second-order valence-corrected chi connectivity index (χ2v) is 3.20.